The van der Waals surface area contributed by atoms with Gasteiger partial charge < -0.3 is 0 Å². The maximum Gasteiger partial charge on any atom is 0.265 e. The summed E-state index contributed by atoms with van der Waals surface area (Å²) in [5.74, 6) is -0.357. The highest BCUT2D eigenvalue weighted by Gasteiger charge is 2.13. The first-order chi connectivity index (χ1) is 8.38. The Morgan fingerprint density at radius 2 is 1.94 bits per heavy atom. The number of nitrogens with zero attached hydrogens (tertiary/aromatic N) is 1. The third kappa shape index (κ3) is 3.80. The van der Waals surface area contributed by atoms with Crippen molar-refractivity contribution >= 4 is 15.9 Å². The lowest BCUT2D eigenvalue weighted by Crippen LogP contribution is -2.41. The number of sulfonamides is 1. The quantitative estimate of drug-likeness (QED) is 0.754. The van der Waals surface area contributed by atoms with Gasteiger partial charge in [-0.15, -0.1) is 0 Å². The molecule has 0 saturated carbocycles. The average molecular weight is 271 g/mol. The van der Waals surface area contributed by atoms with Gasteiger partial charge in [0.05, 0.1) is 4.90 Å². The van der Waals surface area contributed by atoms with Crippen molar-refractivity contribution in [2.45, 2.75) is 18.7 Å². The molecule has 7 heteroatoms. The molecule has 1 aromatic rings. The lowest BCUT2D eigenvalue weighted by atomic mass is 10.2. The third-order valence-electron chi connectivity index (χ3n) is 2.45. The number of amides is 1. The molecule has 0 atom stereocenters. The summed E-state index contributed by atoms with van der Waals surface area (Å²) in [4.78, 5) is 11.8. The second-order valence-corrected chi connectivity index (χ2v) is 5.25. The highest BCUT2D eigenvalue weighted by atomic mass is 32.2. The van der Waals surface area contributed by atoms with E-state index in [9.17, 15) is 13.2 Å². The van der Waals surface area contributed by atoms with Crippen molar-refractivity contribution in [2.75, 3.05) is 13.1 Å². The summed E-state index contributed by atoms with van der Waals surface area (Å²) in [6.45, 7) is 5.14. The van der Waals surface area contributed by atoms with Crippen LogP contribution in [-0.4, -0.2) is 32.4 Å². The first-order valence-electron chi connectivity index (χ1n) is 5.57. The fourth-order valence-corrected chi connectivity index (χ4v) is 1.96. The zero-order chi connectivity index (χ0) is 13.8. The van der Waals surface area contributed by atoms with Crippen LogP contribution in [0.1, 0.15) is 24.2 Å². The first kappa shape index (κ1) is 14.6. The largest absolute Gasteiger partial charge is 0.285 e. The van der Waals surface area contributed by atoms with Crippen LogP contribution in [0.2, 0.25) is 0 Å². The molecule has 0 radical (unpaired) electrons. The number of nitrogens with two attached hydrogens (primary N) is 1. The van der Waals surface area contributed by atoms with Gasteiger partial charge in [0.15, 0.2) is 0 Å². The number of primary sulfonamides is 1. The second-order valence-electron chi connectivity index (χ2n) is 3.69. The van der Waals surface area contributed by atoms with Gasteiger partial charge in [0.2, 0.25) is 10.0 Å². The van der Waals surface area contributed by atoms with Gasteiger partial charge in [-0.25, -0.2) is 18.6 Å². The van der Waals surface area contributed by atoms with Gasteiger partial charge >= 0.3 is 0 Å². The number of carbonyl (C=O) groups is 1. The Hall–Kier alpha value is -1.44. The molecule has 0 aliphatic rings. The van der Waals surface area contributed by atoms with E-state index in [-0.39, 0.29) is 16.4 Å². The molecule has 0 aromatic heterocycles. The number of hydrazine groups is 1. The van der Waals surface area contributed by atoms with Crippen LogP contribution >= 0.6 is 0 Å². The maximum atomic E-state index is 11.9. The Bertz CT molecular complexity index is 524. The van der Waals surface area contributed by atoms with E-state index in [4.69, 9.17) is 5.14 Å². The number of nitrogens with one attached hydrogen (secondary N) is 1. The number of carbonyl (C=O) groups excluding carboxylic acids is 1. The molecule has 0 aliphatic carbocycles. The minimum absolute atomic E-state index is 0.0744. The van der Waals surface area contributed by atoms with Crippen LogP contribution in [0.25, 0.3) is 0 Å². The zero-order valence-electron chi connectivity index (χ0n) is 10.4. The molecular weight excluding hydrogens is 254 g/mol. The van der Waals surface area contributed by atoms with Crippen LogP contribution < -0.4 is 10.6 Å². The Kier molecular flexibility index (Phi) is 4.83. The zero-order valence-corrected chi connectivity index (χ0v) is 11.2. The molecule has 0 heterocycles. The smallest absolute Gasteiger partial charge is 0.265 e. The van der Waals surface area contributed by atoms with Gasteiger partial charge in [-0.3, -0.25) is 10.2 Å². The van der Waals surface area contributed by atoms with E-state index in [1.165, 1.54) is 24.3 Å². The van der Waals surface area contributed by atoms with Crippen LogP contribution in [-0.2, 0) is 10.0 Å². The number of benzene rings is 1. The molecule has 18 heavy (non-hydrogen) atoms. The Morgan fingerprint density at radius 3 is 2.44 bits per heavy atom. The monoisotopic (exact) mass is 271 g/mol. The maximum absolute atomic E-state index is 11.9. The number of rotatable bonds is 5. The molecule has 0 bridgehead atoms. The standard InChI is InChI=1S/C11H17N3O3S/c1-3-14(4-2)13-11(15)9-6-5-7-10(8-9)18(12,16)17/h5-8H,3-4H2,1-2H3,(H,13,15)(H2,12,16,17). The van der Waals surface area contributed by atoms with Crippen molar-refractivity contribution in [3.8, 4) is 0 Å². The molecule has 1 rings (SSSR count). The van der Waals surface area contributed by atoms with Gasteiger partial charge in [0.25, 0.3) is 5.91 Å². The SMILES string of the molecule is CCN(CC)NC(=O)c1cccc(S(N)(=O)=O)c1. The van der Waals surface area contributed by atoms with Crippen molar-refractivity contribution in [1.82, 2.24) is 10.4 Å². The summed E-state index contributed by atoms with van der Waals surface area (Å²) in [5, 5.41) is 6.72. The topological polar surface area (TPSA) is 92.5 Å². The Morgan fingerprint density at radius 1 is 1.33 bits per heavy atom. The summed E-state index contributed by atoms with van der Waals surface area (Å²) in [5.41, 5.74) is 2.93. The first-order valence-corrected chi connectivity index (χ1v) is 7.12. The minimum atomic E-state index is -3.79. The summed E-state index contributed by atoms with van der Waals surface area (Å²) in [7, 11) is -3.79. The van der Waals surface area contributed by atoms with Gasteiger partial charge in [0.1, 0.15) is 0 Å². The molecule has 3 N–H and O–H groups in total. The number of hydrogen-bond donors (Lipinski definition) is 2. The summed E-state index contributed by atoms with van der Waals surface area (Å²) in [6, 6.07) is 5.63. The fourth-order valence-electron chi connectivity index (χ4n) is 1.40. The van der Waals surface area contributed by atoms with Crippen molar-refractivity contribution < 1.29 is 13.2 Å². The average Bonchev–Trinajstić information content (AvgIpc) is 2.34. The summed E-state index contributed by atoms with van der Waals surface area (Å²) in [6.07, 6.45) is 0. The van der Waals surface area contributed by atoms with E-state index in [0.29, 0.717) is 13.1 Å². The molecule has 0 aliphatic heterocycles. The fraction of sp³-hybridized carbons (Fsp3) is 0.364. The molecule has 0 spiro atoms. The van der Waals surface area contributed by atoms with Gasteiger partial charge in [-0.05, 0) is 18.2 Å². The molecule has 100 valence electrons. The van der Waals surface area contributed by atoms with Crippen molar-refractivity contribution in [3.63, 3.8) is 0 Å². The van der Waals surface area contributed by atoms with Crippen LogP contribution in [0.3, 0.4) is 0 Å². The lowest BCUT2D eigenvalue weighted by molar-refractivity contribution is 0.0805. The third-order valence-corrected chi connectivity index (χ3v) is 3.36. The molecular formula is C11H17N3O3S. The molecule has 1 amide bonds. The van der Waals surface area contributed by atoms with E-state index in [1.807, 2.05) is 13.8 Å². The van der Waals surface area contributed by atoms with E-state index < -0.39 is 10.0 Å². The highest BCUT2D eigenvalue weighted by Crippen LogP contribution is 2.09. The predicted octanol–water partition coefficient (Wildman–Crippen LogP) is 0.321. The van der Waals surface area contributed by atoms with Crippen LogP contribution in [0.5, 0.6) is 0 Å². The predicted molar refractivity (Wildman–Crippen MR) is 68.2 cm³/mol. The minimum Gasteiger partial charge on any atom is -0.285 e. The van der Waals surface area contributed by atoms with Crippen LogP contribution in [0, 0.1) is 0 Å². The molecule has 0 unspecified atom stereocenters. The lowest BCUT2D eigenvalue weighted by Gasteiger charge is -2.19. The Labute approximate surface area is 107 Å². The van der Waals surface area contributed by atoms with Gasteiger partial charge in [-0.2, -0.15) is 0 Å². The summed E-state index contributed by atoms with van der Waals surface area (Å²) < 4.78 is 22.4. The van der Waals surface area contributed by atoms with E-state index >= 15 is 0 Å². The van der Waals surface area contributed by atoms with Gasteiger partial charge in [-0.1, -0.05) is 19.9 Å². The van der Waals surface area contributed by atoms with Crippen molar-refractivity contribution in [3.05, 3.63) is 29.8 Å². The second kappa shape index (κ2) is 5.94. The van der Waals surface area contributed by atoms with E-state index in [0.717, 1.165) is 0 Å². The van der Waals surface area contributed by atoms with Crippen LogP contribution in [0.4, 0.5) is 0 Å². The molecule has 6 nitrogen and oxygen atoms in total. The van der Waals surface area contributed by atoms with E-state index in [1.54, 1.807) is 5.01 Å². The molecule has 1 aromatic carbocycles. The van der Waals surface area contributed by atoms with Gasteiger partial charge in [0, 0.05) is 18.7 Å². The summed E-state index contributed by atoms with van der Waals surface area (Å²) >= 11 is 0. The number of hydrogen-bond acceptors (Lipinski definition) is 4. The van der Waals surface area contributed by atoms with Crippen molar-refractivity contribution in [1.29, 1.82) is 0 Å². The Balaban J connectivity index is 2.94. The van der Waals surface area contributed by atoms with E-state index in [2.05, 4.69) is 5.43 Å². The molecule has 0 saturated heterocycles. The normalized spacial score (nSPS) is 11.6. The molecule has 0 fully saturated rings. The van der Waals surface area contributed by atoms with Crippen molar-refractivity contribution in [2.24, 2.45) is 5.14 Å². The highest BCUT2D eigenvalue weighted by molar-refractivity contribution is 7.89. The van der Waals surface area contributed by atoms with Crippen LogP contribution in [0.15, 0.2) is 29.2 Å².